The first-order valence-corrected chi connectivity index (χ1v) is 10.2. The number of allylic oxidation sites excluding steroid dienone is 5. The van der Waals surface area contributed by atoms with Gasteiger partial charge in [0.15, 0.2) is 5.78 Å². The summed E-state index contributed by atoms with van der Waals surface area (Å²) in [6.07, 6.45) is 12.2. The number of nitrogens with zero attached hydrogens (tertiary/aromatic N) is 1. The lowest BCUT2D eigenvalue weighted by Gasteiger charge is -2.46. The van der Waals surface area contributed by atoms with Crippen molar-refractivity contribution < 1.29 is 9.90 Å². The number of hydrogen-bond acceptors (Lipinski definition) is 3. The zero-order valence-electron chi connectivity index (χ0n) is 15.9. The maximum Gasteiger partial charge on any atom is 0.156 e. The van der Waals surface area contributed by atoms with Crippen molar-refractivity contribution >= 4 is 5.78 Å². The van der Waals surface area contributed by atoms with E-state index in [2.05, 4.69) is 32.1 Å². The average Bonchev–Trinajstić information content (AvgIpc) is 2.95. The number of nitriles is 1. The second-order valence-corrected chi connectivity index (χ2v) is 8.80. The van der Waals surface area contributed by atoms with Gasteiger partial charge < -0.3 is 5.11 Å². The number of ketones is 1. The molecule has 0 aromatic heterocycles. The van der Waals surface area contributed by atoms with E-state index in [4.69, 9.17) is 5.26 Å². The Kier molecular flexibility index (Phi) is 4.43. The normalized spacial score (nSPS) is 39.6. The van der Waals surface area contributed by atoms with Gasteiger partial charge in [-0.15, -0.1) is 0 Å². The van der Waals surface area contributed by atoms with Crippen LogP contribution < -0.4 is 0 Å². The van der Waals surface area contributed by atoms with Crippen molar-refractivity contribution in [2.45, 2.75) is 64.9 Å². The van der Waals surface area contributed by atoms with Crippen LogP contribution in [0.4, 0.5) is 0 Å². The molecule has 6 atom stereocenters. The fourth-order valence-electron chi connectivity index (χ4n) is 6.34. The fourth-order valence-corrected chi connectivity index (χ4v) is 6.34. The molecule has 0 bridgehead atoms. The first-order valence-electron chi connectivity index (χ1n) is 10.2. The minimum atomic E-state index is -0.353. The van der Waals surface area contributed by atoms with Crippen molar-refractivity contribution in [3.63, 3.8) is 0 Å². The van der Waals surface area contributed by atoms with Crippen molar-refractivity contribution in [2.75, 3.05) is 0 Å². The third-order valence-electron chi connectivity index (χ3n) is 7.80. The molecule has 1 N–H and O–H groups in total. The molecule has 4 aliphatic carbocycles. The Hall–Kier alpha value is -1.66. The summed E-state index contributed by atoms with van der Waals surface area (Å²) in [6.45, 7) is 4.32. The summed E-state index contributed by atoms with van der Waals surface area (Å²) in [5.41, 5.74) is 3.96. The first kappa shape index (κ1) is 17.7. The summed E-state index contributed by atoms with van der Waals surface area (Å²) in [5, 5.41) is 20.4. The predicted molar refractivity (Wildman–Crippen MR) is 101 cm³/mol. The molecule has 2 unspecified atom stereocenters. The number of aliphatic hydroxyl groups is 1. The van der Waals surface area contributed by atoms with Crippen LogP contribution in [-0.2, 0) is 4.79 Å². The van der Waals surface area contributed by atoms with Gasteiger partial charge in [-0.25, -0.2) is 0 Å². The van der Waals surface area contributed by atoms with Crippen LogP contribution in [0.3, 0.4) is 0 Å². The minimum absolute atomic E-state index is 0.144. The number of fused-ring (bicyclic) bond motifs is 4. The van der Waals surface area contributed by atoms with Gasteiger partial charge in [-0.05, 0) is 78.6 Å². The summed E-state index contributed by atoms with van der Waals surface area (Å²) in [5.74, 6) is 1.67. The zero-order valence-corrected chi connectivity index (χ0v) is 15.9. The Morgan fingerprint density at radius 3 is 2.92 bits per heavy atom. The molecule has 1 saturated carbocycles. The van der Waals surface area contributed by atoms with Crippen LogP contribution in [0, 0.1) is 40.4 Å². The Morgan fingerprint density at radius 2 is 2.19 bits per heavy atom. The maximum absolute atomic E-state index is 11.8. The lowest BCUT2D eigenvalue weighted by atomic mass is 9.59. The highest BCUT2D eigenvalue weighted by atomic mass is 16.3. The van der Waals surface area contributed by atoms with Crippen LogP contribution in [0.1, 0.15) is 58.8 Å². The molecule has 0 saturated heterocycles. The van der Waals surface area contributed by atoms with Gasteiger partial charge in [0.1, 0.15) is 0 Å². The van der Waals surface area contributed by atoms with Crippen LogP contribution in [0.2, 0.25) is 0 Å². The molecule has 3 heteroatoms. The second kappa shape index (κ2) is 6.50. The van der Waals surface area contributed by atoms with Gasteiger partial charge >= 0.3 is 0 Å². The van der Waals surface area contributed by atoms with E-state index in [-0.39, 0.29) is 29.1 Å². The second-order valence-electron chi connectivity index (χ2n) is 8.80. The van der Waals surface area contributed by atoms with E-state index in [9.17, 15) is 9.90 Å². The van der Waals surface area contributed by atoms with Gasteiger partial charge in [0.2, 0.25) is 0 Å². The van der Waals surface area contributed by atoms with Gasteiger partial charge in [-0.2, -0.15) is 5.26 Å². The molecule has 1 fully saturated rings. The maximum atomic E-state index is 11.8. The molecule has 0 amide bonds. The van der Waals surface area contributed by atoms with E-state index >= 15 is 0 Å². The molecule has 0 aromatic carbocycles. The molecule has 0 aromatic rings. The highest BCUT2D eigenvalue weighted by molar-refractivity contribution is 5.93. The van der Waals surface area contributed by atoms with Gasteiger partial charge in [0.05, 0.1) is 12.2 Å². The Balaban J connectivity index is 1.74. The Bertz CT molecular complexity index is 753. The summed E-state index contributed by atoms with van der Waals surface area (Å²) < 4.78 is 0. The molecule has 26 heavy (non-hydrogen) atoms. The van der Waals surface area contributed by atoms with Gasteiger partial charge in [-0.3, -0.25) is 4.79 Å². The monoisotopic (exact) mass is 351 g/mol. The summed E-state index contributed by atoms with van der Waals surface area (Å²) in [4.78, 5) is 11.8. The van der Waals surface area contributed by atoms with E-state index in [0.717, 1.165) is 32.1 Å². The van der Waals surface area contributed by atoms with Crippen molar-refractivity contribution in [1.82, 2.24) is 0 Å². The van der Waals surface area contributed by atoms with E-state index in [1.807, 2.05) is 6.08 Å². The molecule has 3 nitrogen and oxygen atoms in total. The third kappa shape index (κ3) is 2.46. The lowest BCUT2D eigenvalue weighted by molar-refractivity contribution is -0.114. The summed E-state index contributed by atoms with van der Waals surface area (Å²) in [6, 6.07) is 2.30. The van der Waals surface area contributed by atoms with Crippen LogP contribution in [0.5, 0.6) is 0 Å². The average molecular weight is 351 g/mol. The molecule has 4 aliphatic rings. The number of aliphatic hydroxyl groups excluding tert-OH is 1. The smallest absolute Gasteiger partial charge is 0.156 e. The van der Waals surface area contributed by atoms with Gasteiger partial charge in [0, 0.05) is 18.3 Å². The molecular weight excluding hydrogens is 322 g/mol. The topological polar surface area (TPSA) is 61.1 Å². The van der Waals surface area contributed by atoms with Crippen molar-refractivity contribution in [3.8, 4) is 6.07 Å². The quantitative estimate of drug-likeness (QED) is 0.814. The molecular formula is C23H29NO2. The van der Waals surface area contributed by atoms with E-state index in [0.29, 0.717) is 24.7 Å². The summed E-state index contributed by atoms with van der Waals surface area (Å²) >= 11 is 0. The molecule has 0 aliphatic heterocycles. The van der Waals surface area contributed by atoms with E-state index in [1.54, 1.807) is 0 Å². The van der Waals surface area contributed by atoms with Crippen LogP contribution in [0.15, 0.2) is 34.9 Å². The molecule has 138 valence electrons. The molecule has 0 heterocycles. The van der Waals surface area contributed by atoms with E-state index < -0.39 is 0 Å². The van der Waals surface area contributed by atoms with E-state index in [1.165, 1.54) is 16.7 Å². The summed E-state index contributed by atoms with van der Waals surface area (Å²) in [7, 11) is 0. The third-order valence-corrected chi connectivity index (χ3v) is 7.80. The van der Waals surface area contributed by atoms with Crippen LogP contribution in [-0.4, -0.2) is 17.0 Å². The highest BCUT2D eigenvalue weighted by Crippen LogP contribution is 2.61. The standard InChI is InChI=1S/C23H29NO2/c1-3-23-10-8-18-17-7-5-16(25)12-15(17)4-6-19(18)21(23)13-20(22(23)26)14(2)9-11-24/h8,10,12,14,19-22,26H,3-7,9,13H2,1-2H3/t14?,19-,20?,21+,22+,23+/m1/s1. The Labute approximate surface area is 156 Å². The highest BCUT2D eigenvalue weighted by Gasteiger charge is 2.57. The predicted octanol–water partition coefficient (Wildman–Crippen LogP) is 4.50. The number of rotatable bonds is 3. The van der Waals surface area contributed by atoms with Crippen molar-refractivity contribution in [3.05, 3.63) is 34.9 Å². The van der Waals surface area contributed by atoms with Gasteiger partial charge in [0.25, 0.3) is 0 Å². The molecule has 0 radical (unpaired) electrons. The van der Waals surface area contributed by atoms with Gasteiger partial charge in [-0.1, -0.05) is 26.0 Å². The molecule has 0 spiro atoms. The van der Waals surface area contributed by atoms with Crippen molar-refractivity contribution in [1.29, 1.82) is 5.26 Å². The van der Waals surface area contributed by atoms with Crippen molar-refractivity contribution in [2.24, 2.45) is 29.1 Å². The van der Waals surface area contributed by atoms with Crippen LogP contribution in [0.25, 0.3) is 0 Å². The first-order chi connectivity index (χ1) is 12.5. The minimum Gasteiger partial charge on any atom is -0.392 e. The van der Waals surface area contributed by atoms with Crippen LogP contribution >= 0.6 is 0 Å². The number of carbonyl (C=O) groups excluding carboxylic acids is 1. The lowest BCUT2D eigenvalue weighted by Crippen LogP contribution is -2.42. The fraction of sp³-hybridized carbons (Fsp3) is 0.652. The largest absolute Gasteiger partial charge is 0.392 e. The molecule has 4 rings (SSSR count). The zero-order chi connectivity index (χ0) is 18.5. The number of hydrogen-bond donors (Lipinski definition) is 1. The SMILES string of the molecule is CC[C@]12C=CC3=C4CCC(=O)C=C4CC[C@H]3[C@@H]1CC(C(C)CC#N)[C@@H]2O. The Morgan fingerprint density at radius 1 is 1.38 bits per heavy atom. The number of carbonyl (C=O) groups is 1.